The van der Waals surface area contributed by atoms with Crippen molar-refractivity contribution in [1.82, 2.24) is 4.98 Å². The van der Waals surface area contributed by atoms with E-state index in [1.54, 1.807) is 0 Å². The van der Waals surface area contributed by atoms with Crippen molar-refractivity contribution < 1.29 is 13.9 Å². The lowest BCUT2D eigenvalue weighted by Crippen LogP contribution is -2.12. The summed E-state index contributed by atoms with van der Waals surface area (Å²) in [5.74, 6) is -2.65. The zero-order chi connectivity index (χ0) is 9.69. The largest absolute Gasteiger partial charge is 0.506 e. The van der Waals surface area contributed by atoms with Crippen molar-refractivity contribution >= 4 is 0 Å². The van der Waals surface area contributed by atoms with Crippen LogP contribution in [-0.2, 0) is 5.41 Å². The van der Waals surface area contributed by atoms with Crippen LogP contribution in [0.3, 0.4) is 0 Å². The van der Waals surface area contributed by atoms with E-state index in [2.05, 4.69) is 4.98 Å². The highest BCUT2D eigenvalue weighted by molar-refractivity contribution is 5.33. The Balaban J connectivity index is 2.34. The third-order valence-electron chi connectivity index (χ3n) is 2.57. The van der Waals surface area contributed by atoms with Crippen LogP contribution in [0.1, 0.15) is 19.0 Å². The molecule has 0 saturated heterocycles. The third kappa shape index (κ3) is 1.08. The first kappa shape index (κ1) is 8.41. The summed E-state index contributed by atoms with van der Waals surface area (Å²) in [5, 5.41) is 8.92. The molecule has 1 aromatic rings. The zero-order valence-corrected chi connectivity index (χ0v) is 7.09. The van der Waals surface area contributed by atoms with Gasteiger partial charge in [-0.05, 0) is 19.1 Å². The lowest BCUT2D eigenvalue weighted by molar-refractivity contribution is 0.0910. The van der Waals surface area contributed by atoms with Gasteiger partial charge in [-0.15, -0.1) is 0 Å². The van der Waals surface area contributed by atoms with E-state index in [-0.39, 0.29) is 12.2 Å². The number of aromatic hydroxyl groups is 1. The first-order chi connectivity index (χ1) is 5.96. The van der Waals surface area contributed by atoms with Crippen molar-refractivity contribution in [3.8, 4) is 5.75 Å². The number of rotatable bonds is 1. The molecule has 13 heavy (non-hydrogen) atoms. The molecule has 1 fully saturated rings. The van der Waals surface area contributed by atoms with Crippen LogP contribution >= 0.6 is 0 Å². The highest BCUT2D eigenvalue weighted by atomic mass is 19.3. The van der Waals surface area contributed by atoms with E-state index in [0.717, 1.165) is 0 Å². The van der Waals surface area contributed by atoms with E-state index in [1.807, 2.05) is 0 Å². The molecule has 1 N–H and O–H groups in total. The maximum absolute atomic E-state index is 12.9. The molecule has 70 valence electrons. The van der Waals surface area contributed by atoms with Gasteiger partial charge in [0.25, 0.3) is 5.92 Å². The SMILES string of the molecule is CC1(c2ccc(O)cn2)CC1(F)F. The molecule has 0 spiro atoms. The summed E-state index contributed by atoms with van der Waals surface area (Å²) in [6.45, 7) is 1.48. The Morgan fingerprint density at radius 2 is 2.08 bits per heavy atom. The Bertz CT molecular complexity index is 336. The smallest absolute Gasteiger partial charge is 0.260 e. The fourth-order valence-electron chi connectivity index (χ4n) is 1.39. The van der Waals surface area contributed by atoms with Crippen LogP contribution < -0.4 is 0 Å². The van der Waals surface area contributed by atoms with E-state index in [0.29, 0.717) is 5.69 Å². The molecule has 1 aliphatic carbocycles. The predicted molar refractivity (Wildman–Crippen MR) is 42.8 cm³/mol. The standard InChI is InChI=1S/C9H9F2NO/c1-8(5-9(8,10)11)7-3-2-6(13)4-12-7/h2-4,13H,5H2,1H3. The molecule has 0 radical (unpaired) electrons. The molecule has 1 aromatic heterocycles. The number of hydrogen-bond acceptors (Lipinski definition) is 2. The molecule has 2 rings (SSSR count). The highest BCUT2D eigenvalue weighted by Gasteiger charge is 2.69. The van der Waals surface area contributed by atoms with Gasteiger partial charge in [0.2, 0.25) is 0 Å². The molecule has 2 nitrogen and oxygen atoms in total. The number of halogens is 2. The summed E-state index contributed by atoms with van der Waals surface area (Å²) < 4.78 is 25.7. The van der Waals surface area contributed by atoms with Gasteiger partial charge in [0.15, 0.2) is 0 Å². The van der Waals surface area contributed by atoms with Crippen LogP contribution in [0.5, 0.6) is 5.75 Å². The lowest BCUT2D eigenvalue weighted by atomic mass is 10.0. The first-order valence-corrected chi connectivity index (χ1v) is 3.99. The summed E-state index contributed by atoms with van der Waals surface area (Å²) in [7, 11) is 0. The predicted octanol–water partition coefficient (Wildman–Crippen LogP) is 2.08. The lowest BCUT2D eigenvalue weighted by Gasteiger charge is -2.08. The summed E-state index contributed by atoms with van der Waals surface area (Å²) in [6.07, 6.45) is 1.03. The summed E-state index contributed by atoms with van der Waals surface area (Å²) in [6, 6.07) is 2.82. The minimum Gasteiger partial charge on any atom is -0.506 e. The summed E-state index contributed by atoms with van der Waals surface area (Å²) in [5.41, 5.74) is -0.781. The van der Waals surface area contributed by atoms with Gasteiger partial charge in [0, 0.05) is 6.42 Å². The third-order valence-corrected chi connectivity index (χ3v) is 2.57. The molecule has 0 aliphatic heterocycles. The number of nitrogens with zero attached hydrogens (tertiary/aromatic N) is 1. The molecule has 1 heterocycles. The van der Waals surface area contributed by atoms with Crippen LogP contribution in [-0.4, -0.2) is 16.0 Å². The monoisotopic (exact) mass is 185 g/mol. The van der Waals surface area contributed by atoms with Crippen LogP contribution in [0.4, 0.5) is 8.78 Å². The molecule has 1 saturated carbocycles. The van der Waals surface area contributed by atoms with E-state index < -0.39 is 11.3 Å². The van der Waals surface area contributed by atoms with Crippen molar-refractivity contribution in [2.45, 2.75) is 24.7 Å². The quantitative estimate of drug-likeness (QED) is 0.726. The number of alkyl halides is 2. The highest BCUT2D eigenvalue weighted by Crippen LogP contribution is 2.60. The number of hydrogen-bond donors (Lipinski definition) is 1. The van der Waals surface area contributed by atoms with Gasteiger partial charge in [-0.2, -0.15) is 0 Å². The second-order valence-corrected chi connectivity index (χ2v) is 3.61. The average molecular weight is 185 g/mol. The zero-order valence-electron chi connectivity index (χ0n) is 7.09. The van der Waals surface area contributed by atoms with Gasteiger partial charge < -0.3 is 5.11 Å². The van der Waals surface area contributed by atoms with Crippen LogP contribution in [0.2, 0.25) is 0 Å². The molecule has 1 unspecified atom stereocenters. The van der Waals surface area contributed by atoms with Gasteiger partial charge in [0.05, 0.1) is 17.3 Å². The molecule has 0 bridgehead atoms. The molecule has 4 heteroatoms. The fourth-order valence-corrected chi connectivity index (χ4v) is 1.39. The maximum atomic E-state index is 12.9. The molecule has 1 atom stereocenters. The van der Waals surface area contributed by atoms with E-state index >= 15 is 0 Å². The Kier molecular flexibility index (Phi) is 1.41. The summed E-state index contributed by atoms with van der Waals surface area (Å²) in [4.78, 5) is 3.78. The number of pyridine rings is 1. The first-order valence-electron chi connectivity index (χ1n) is 3.99. The second-order valence-electron chi connectivity index (χ2n) is 3.61. The minimum atomic E-state index is -2.64. The van der Waals surface area contributed by atoms with E-state index in [9.17, 15) is 8.78 Å². The summed E-state index contributed by atoms with van der Waals surface area (Å²) >= 11 is 0. The number of aromatic nitrogens is 1. The normalized spacial score (nSPS) is 30.1. The Labute approximate surface area is 74.2 Å². The van der Waals surface area contributed by atoms with Gasteiger partial charge in [-0.25, -0.2) is 8.78 Å². The molecule has 0 aromatic carbocycles. The van der Waals surface area contributed by atoms with Crippen LogP contribution in [0.15, 0.2) is 18.3 Å². The topological polar surface area (TPSA) is 33.1 Å². The minimum absolute atomic E-state index is 0.00341. The molecular formula is C9H9F2NO. The van der Waals surface area contributed by atoms with Crippen LogP contribution in [0.25, 0.3) is 0 Å². The molecule has 1 aliphatic rings. The van der Waals surface area contributed by atoms with Gasteiger partial charge >= 0.3 is 0 Å². The van der Waals surface area contributed by atoms with Crippen molar-refractivity contribution in [1.29, 1.82) is 0 Å². The molecular weight excluding hydrogens is 176 g/mol. The van der Waals surface area contributed by atoms with Gasteiger partial charge in [0.1, 0.15) is 5.75 Å². The fraction of sp³-hybridized carbons (Fsp3) is 0.444. The van der Waals surface area contributed by atoms with Crippen LogP contribution in [0, 0.1) is 0 Å². The van der Waals surface area contributed by atoms with Crippen molar-refractivity contribution in [3.05, 3.63) is 24.0 Å². The Morgan fingerprint density at radius 3 is 2.46 bits per heavy atom. The second kappa shape index (κ2) is 2.19. The molecule has 0 amide bonds. The average Bonchev–Trinajstić information content (AvgIpc) is 2.53. The Morgan fingerprint density at radius 1 is 1.46 bits per heavy atom. The van der Waals surface area contributed by atoms with E-state index in [1.165, 1.54) is 25.3 Å². The van der Waals surface area contributed by atoms with Gasteiger partial charge in [-0.1, -0.05) is 0 Å². The van der Waals surface area contributed by atoms with Crippen molar-refractivity contribution in [3.63, 3.8) is 0 Å². The Hall–Kier alpha value is -1.19. The maximum Gasteiger partial charge on any atom is 0.260 e. The van der Waals surface area contributed by atoms with Crippen molar-refractivity contribution in [2.75, 3.05) is 0 Å². The van der Waals surface area contributed by atoms with E-state index in [4.69, 9.17) is 5.11 Å². The van der Waals surface area contributed by atoms with Crippen molar-refractivity contribution in [2.24, 2.45) is 0 Å². The van der Waals surface area contributed by atoms with Gasteiger partial charge in [-0.3, -0.25) is 4.98 Å².